The molecule has 3 rings (SSSR count). The van der Waals surface area contributed by atoms with Crippen LogP contribution in [-0.2, 0) is 0 Å². The summed E-state index contributed by atoms with van der Waals surface area (Å²) in [5.41, 5.74) is 9.55. The van der Waals surface area contributed by atoms with Gasteiger partial charge in [0.1, 0.15) is 0 Å². The van der Waals surface area contributed by atoms with Crippen molar-refractivity contribution in [2.24, 2.45) is 11.7 Å². The molecule has 2 heterocycles. The van der Waals surface area contributed by atoms with Gasteiger partial charge in [0.25, 0.3) is 0 Å². The Hall–Kier alpha value is -1.45. The molecule has 0 bridgehead atoms. The number of nitrogens with two attached hydrogens (primary N) is 1. The minimum Gasteiger partial charge on any atom is -0.330 e. The molecule has 1 fully saturated rings. The van der Waals surface area contributed by atoms with E-state index in [-0.39, 0.29) is 0 Å². The molecule has 0 saturated carbocycles. The molecule has 2 N–H and O–H groups in total. The number of likely N-dealkylation sites (tertiary alicyclic amines) is 1. The van der Waals surface area contributed by atoms with Gasteiger partial charge in [0.05, 0.1) is 5.52 Å². The summed E-state index contributed by atoms with van der Waals surface area (Å²) in [6.07, 6.45) is 1.20. The van der Waals surface area contributed by atoms with E-state index >= 15 is 0 Å². The summed E-state index contributed by atoms with van der Waals surface area (Å²) >= 11 is 0. The highest BCUT2D eigenvalue weighted by atomic mass is 15.2. The van der Waals surface area contributed by atoms with Crippen LogP contribution in [0.15, 0.2) is 30.3 Å². The lowest BCUT2D eigenvalue weighted by Gasteiger charge is -2.31. The third kappa shape index (κ3) is 2.68. The van der Waals surface area contributed by atoms with Crippen molar-refractivity contribution in [3.63, 3.8) is 0 Å². The molecule has 112 valence electrons. The fourth-order valence-electron chi connectivity index (χ4n) is 3.60. The van der Waals surface area contributed by atoms with Crippen molar-refractivity contribution >= 4 is 10.9 Å². The van der Waals surface area contributed by atoms with Crippen LogP contribution >= 0.6 is 0 Å². The molecule has 3 heteroatoms. The maximum Gasteiger partial charge on any atom is 0.0705 e. The first-order chi connectivity index (χ1) is 10.1. The zero-order chi connectivity index (χ0) is 15.0. The molecule has 1 aromatic carbocycles. The second-order valence-corrected chi connectivity index (χ2v) is 6.47. The van der Waals surface area contributed by atoms with Crippen molar-refractivity contribution in [2.45, 2.75) is 39.3 Å². The van der Waals surface area contributed by atoms with Crippen LogP contribution in [0.2, 0.25) is 0 Å². The number of rotatable bonds is 3. The van der Waals surface area contributed by atoms with Gasteiger partial charge in [-0.05, 0) is 70.0 Å². The molecule has 3 nitrogen and oxygen atoms in total. The van der Waals surface area contributed by atoms with E-state index in [1.807, 2.05) is 6.92 Å². The van der Waals surface area contributed by atoms with Gasteiger partial charge in [-0.2, -0.15) is 0 Å². The van der Waals surface area contributed by atoms with Crippen LogP contribution in [0, 0.1) is 12.8 Å². The summed E-state index contributed by atoms with van der Waals surface area (Å²) in [7, 11) is 0. The third-order valence-electron chi connectivity index (χ3n) is 4.72. The Morgan fingerprint density at radius 2 is 2.10 bits per heavy atom. The van der Waals surface area contributed by atoms with E-state index in [0.717, 1.165) is 24.3 Å². The molecule has 0 aliphatic carbocycles. The standard InChI is InChI=1S/C18H25N3/c1-12(2)21-9-8-16(11-19)18(21)15-6-7-17-14(10-15)5-4-13(3)20-17/h4-7,10,12,16,18H,8-9,11,19H2,1-3H3. The molecule has 2 atom stereocenters. The van der Waals surface area contributed by atoms with Crippen LogP contribution in [0.3, 0.4) is 0 Å². The Morgan fingerprint density at radius 3 is 2.81 bits per heavy atom. The van der Waals surface area contributed by atoms with Gasteiger partial charge in [-0.1, -0.05) is 12.1 Å². The minimum atomic E-state index is 0.445. The largest absolute Gasteiger partial charge is 0.330 e. The number of hydrogen-bond acceptors (Lipinski definition) is 3. The van der Waals surface area contributed by atoms with Gasteiger partial charge in [0.2, 0.25) is 0 Å². The Labute approximate surface area is 127 Å². The molecule has 2 aromatic rings. The molecule has 1 aromatic heterocycles. The summed E-state index contributed by atoms with van der Waals surface area (Å²) in [5.74, 6) is 0.559. The normalized spacial score (nSPS) is 23.3. The Bertz CT molecular complexity index is 635. The van der Waals surface area contributed by atoms with E-state index in [9.17, 15) is 0 Å². The quantitative estimate of drug-likeness (QED) is 0.940. The van der Waals surface area contributed by atoms with Gasteiger partial charge < -0.3 is 5.73 Å². The third-order valence-corrected chi connectivity index (χ3v) is 4.72. The van der Waals surface area contributed by atoms with Crippen molar-refractivity contribution in [2.75, 3.05) is 13.1 Å². The molecule has 2 unspecified atom stereocenters. The summed E-state index contributed by atoms with van der Waals surface area (Å²) in [6.45, 7) is 8.50. The van der Waals surface area contributed by atoms with E-state index in [4.69, 9.17) is 5.73 Å². The van der Waals surface area contributed by atoms with Crippen molar-refractivity contribution in [3.8, 4) is 0 Å². The number of aromatic nitrogens is 1. The predicted octanol–water partition coefficient (Wildman–Crippen LogP) is 3.27. The van der Waals surface area contributed by atoms with Crippen molar-refractivity contribution in [1.29, 1.82) is 0 Å². The second-order valence-electron chi connectivity index (χ2n) is 6.47. The molecular weight excluding hydrogens is 258 g/mol. The maximum atomic E-state index is 6.02. The minimum absolute atomic E-state index is 0.445. The first-order valence-electron chi connectivity index (χ1n) is 7.93. The Balaban J connectivity index is 2.02. The SMILES string of the molecule is Cc1ccc2cc(C3C(CN)CCN3C(C)C)ccc2n1. The lowest BCUT2D eigenvalue weighted by atomic mass is 9.92. The molecule has 0 spiro atoms. The number of aryl methyl sites for hydroxylation is 1. The van der Waals surface area contributed by atoms with Gasteiger partial charge in [-0.3, -0.25) is 9.88 Å². The Morgan fingerprint density at radius 1 is 1.29 bits per heavy atom. The highest BCUT2D eigenvalue weighted by Crippen LogP contribution is 2.38. The average Bonchev–Trinajstić information content (AvgIpc) is 2.90. The van der Waals surface area contributed by atoms with Crippen LogP contribution in [0.1, 0.15) is 37.6 Å². The molecular formula is C18H25N3. The van der Waals surface area contributed by atoms with Crippen molar-refractivity contribution in [1.82, 2.24) is 9.88 Å². The first kappa shape index (κ1) is 14.5. The lowest BCUT2D eigenvalue weighted by Crippen LogP contribution is -2.33. The van der Waals surface area contributed by atoms with Gasteiger partial charge >= 0.3 is 0 Å². The summed E-state index contributed by atoms with van der Waals surface area (Å²) < 4.78 is 0. The number of nitrogens with zero attached hydrogens (tertiary/aromatic N) is 2. The van der Waals surface area contributed by atoms with Gasteiger partial charge in [-0.25, -0.2) is 0 Å². The molecule has 1 saturated heterocycles. The van der Waals surface area contributed by atoms with Gasteiger partial charge in [-0.15, -0.1) is 0 Å². The smallest absolute Gasteiger partial charge is 0.0705 e. The summed E-state index contributed by atoms with van der Waals surface area (Å²) in [4.78, 5) is 7.18. The molecule has 0 radical (unpaired) electrons. The molecule has 21 heavy (non-hydrogen) atoms. The van der Waals surface area contributed by atoms with Crippen LogP contribution in [-0.4, -0.2) is 29.0 Å². The molecule has 1 aliphatic rings. The van der Waals surface area contributed by atoms with E-state index in [0.29, 0.717) is 18.0 Å². The van der Waals surface area contributed by atoms with Crippen LogP contribution in [0.5, 0.6) is 0 Å². The maximum absolute atomic E-state index is 6.02. The molecule has 0 amide bonds. The monoisotopic (exact) mass is 283 g/mol. The van der Waals surface area contributed by atoms with E-state index in [1.165, 1.54) is 17.4 Å². The van der Waals surface area contributed by atoms with Crippen molar-refractivity contribution in [3.05, 3.63) is 41.6 Å². The predicted molar refractivity (Wildman–Crippen MR) is 88.2 cm³/mol. The molecule has 1 aliphatic heterocycles. The number of hydrogen-bond donors (Lipinski definition) is 1. The van der Waals surface area contributed by atoms with Gasteiger partial charge in [0, 0.05) is 23.2 Å². The number of pyridine rings is 1. The topological polar surface area (TPSA) is 42.1 Å². The second kappa shape index (κ2) is 5.74. The summed E-state index contributed by atoms with van der Waals surface area (Å²) in [6, 6.07) is 12.0. The zero-order valence-corrected chi connectivity index (χ0v) is 13.2. The van der Waals surface area contributed by atoms with Crippen LogP contribution < -0.4 is 5.73 Å². The fraction of sp³-hybridized carbons (Fsp3) is 0.500. The van der Waals surface area contributed by atoms with E-state index in [1.54, 1.807) is 0 Å². The average molecular weight is 283 g/mol. The van der Waals surface area contributed by atoms with Gasteiger partial charge in [0.15, 0.2) is 0 Å². The van der Waals surface area contributed by atoms with E-state index < -0.39 is 0 Å². The van der Waals surface area contributed by atoms with Crippen molar-refractivity contribution < 1.29 is 0 Å². The summed E-state index contributed by atoms with van der Waals surface area (Å²) in [5, 5.41) is 1.23. The zero-order valence-electron chi connectivity index (χ0n) is 13.2. The highest BCUT2D eigenvalue weighted by molar-refractivity contribution is 5.79. The van der Waals surface area contributed by atoms with Crippen LogP contribution in [0.25, 0.3) is 10.9 Å². The number of benzene rings is 1. The van der Waals surface area contributed by atoms with Crippen LogP contribution in [0.4, 0.5) is 0 Å². The first-order valence-corrected chi connectivity index (χ1v) is 7.93. The highest BCUT2D eigenvalue weighted by Gasteiger charge is 2.35. The Kier molecular flexibility index (Phi) is 3.96. The number of fused-ring (bicyclic) bond motifs is 1. The lowest BCUT2D eigenvalue weighted by molar-refractivity contribution is 0.185. The van der Waals surface area contributed by atoms with E-state index in [2.05, 4.69) is 54.1 Å². The fourth-order valence-corrected chi connectivity index (χ4v) is 3.60.